The molecular weight excluding hydrogens is 431 g/mol. The second kappa shape index (κ2) is 9.19. The summed E-state index contributed by atoms with van der Waals surface area (Å²) in [6, 6.07) is 11.0. The zero-order chi connectivity index (χ0) is 21.0. The first-order valence-corrected chi connectivity index (χ1v) is 9.97. The fraction of sp³-hybridized carbons (Fsp3) is 0.143. The molecule has 3 rings (SSSR count). The van der Waals surface area contributed by atoms with E-state index in [-0.39, 0.29) is 0 Å². The molecule has 1 heterocycles. The summed E-state index contributed by atoms with van der Waals surface area (Å²) in [6.45, 7) is 0. The monoisotopic (exact) mass is 446 g/mol. The molecule has 0 aliphatic heterocycles. The van der Waals surface area contributed by atoms with Gasteiger partial charge in [-0.25, -0.2) is 4.98 Å². The molecule has 0 amide bonds. The number of ether oxygens (including phenoxy) is 3. The molecule has 1 aromatic heterocycles. The summed E-state index contributed by atoms with van der Waals surface area (Å²) >= 11 is 13.4. The Morgan fingerprint density at radius 1 is 1.03 bits per heavy atom. The van der Waals surface area contributed by atoms with Crippen LogP contribution in [-0.4, -0.2) is 26.3 Å². The van der Waals surface area contributed by atoms with Crippen LogP contribution in [0.4, 0.5) is 0 Å². The maximum absolute atomic E-state index is 9.68. The number of aromatic nitrogens is 1. The Morgan fingerprint density at radius 2 is 1.72 bits per heavy atom. The quantitative estimate of drug-likeness (QED) is 0.421. The highest BCUT2D eigenvalue weighted by molar-refractivity contribution is 7.11. The smallest absolute Gasteiger partial charge is 0.203 e. The van der Waals surface area contributed by atoms with Gasteiger partial charge >= 0.3 is 0 Å². The molecule has 0 saturated heterocycles. The molecule has 0 fully saturated rings. The van der Waals surface area contributed by atoms with Crippen LogP contribution in [-0.2, 0) is 0 Å². The van der Waals surface area contributed by atoms with E-state index in [1.807, 2.05) is 11.4 Å². The molecule has 148 valence electrons. The second-order valence-corrected chi connectivity index (χ2v) is 7.47. The van der Waals surface area contributed by atoms with Crippen molar-refractivity contribution in [2.75, 3.05) is 21.3 Å². The Balaban J connectivity index is 2.00. The fourth-order valence-electron chi connectivity index (χ4n) is 2.68. The predicted molar refractivity (Wildman–Crippen MR) is 117 cm³/mol. The molecule has 0 saturated carbocycles. The van der Waals surface area contributed by atoms with Gasteiger partial charge < -0.3 is 14.2 Å². The van der Waals surface area contributed by atoms with Gasteiger partial charge in [0.1, 0.15) is 11.1 Å². The van der Waals surface area contributed by atoms with Crippen LogP contribution in [0.1, 0.15) is 10.6 Å². The first-order chi connectivity index (χ1) is 14.0. The largest absolute Gasteiger partial charge is 0.493 e. The molecule has 0 bridgehead atoms. The van der Waals surface area contributed by atoms with E-state index in [0.717, 1.165) is 16.8 Å². The number of hydrogen-bond acceptors (Lipinski definition) is 6. The zero-order valence-electron chi connectivity index (χ0n) is 15.8. The van der Waals surface area contributed by atoms with Crippen LogP contribution < -0.4 is 14.2 Å². The van der Waals surface area contributed by atoms with Crippen molar-refractivity contribution in [3.05, 3.63) is 56.3 Å². The zero-order valence-corrected chi connectivity index (χ0v) is 18.2. The number of nitriles is 1. The lowest BCUT2D eigenvalue weighted by Gasteiger charge is -2.13. The third-order valence-corrected chi connectivity index (χ3v) is 5.68. The second-order valence-electron chi connectivity index (χ2n) is 5.80. The molecule has 0 aliphatic rings. The standard InChI is InChI=1S/C21H16Cl2N2O3S/c1-26-18-7-12(8-19(27-2)20(18)28-3)6-14(10-24)21-25-17(11-29-21)13-4-5-15(22)16(23)9-13/h4-9,11H,1-3H3. The molecule has 0 N–H and O–H groups in total. The Morgan fingerprint density at radius 3 is 2.28 bits per heavy atom. The Kier molecular flexibility index (Phi) is 6.65. The SMILES string of the molecule is COc1cc(C=C(C#N)c2nc(-c3ccc(Cl)c(Cl)c3)cs2)cc(OC)c1OC. The van der Waals surface area contributed by atoms with E-state index in [1.54, 1.807) is 44.6 Å². The molecular formula is C21H16Cl2N2O3S. The van der Waals surface area contributed by atoms with Gasteiger partial charge in [0, 0.05) is 10.9 Å². The normalized spacial score (nSPS) is 11.1. The summed E-state index contributed by atoms with van der Waals surface area (Å²) in [6.07, 6.45) is 1.72. The summed E-state index contributed by atoms with van der Waals surface area (Å²) in [4.78, 5) is 4.58. The molecule has 0 atom stereocenters. The first kappa shape index (κ1) is 21.0. The van der Waals surface area contributed by atoms with Crippen LogP contribution in [0, 0.1) is 11.3 Å². The summed E-state index contributed by atoms with van der Waals surface area (Å²) in [5, 5.41) is 13.1. The van der Waals surface area contributed by atoms with E-state index >= 15 is 0 Å². The molecule has 0 aliphatic carbocycles. The van der Waals surface area contributed by atoms with Gasteiger partial charge in [0.2, 0.25) is 5.75 Å². The first-order valence-electron chi connectivity index (χ1n) is 8.33. The van der Waals surface area contributed by atoms with Gasteiger partial charge in [0.15, 0.2) is 11.5 Å². The van der Waals surface area contributed by atoms with E-state index in [9.17, 15) is 5.26 Å². The average Bonchev–Trinajstić information content (AvgIpc) is 3.23. The number of halogens is 2. The van der Waals surface area contributed by atoms with Gasteiger partial charge in [-0.1, -0.05) is 29.3 Å². The molecule has 0 unspecified atom stereocenters. The predicted octanol–water partition coefficient (Wildman–Crippen LogP) is 6.21. The third kappa shape index (κ3) is 4.48. The fourth-order valence-corrected chi connectivity index (χ4v) is 3.77. The maximum Gasteiger partial charge on any atom is 0.203 e. The van der Waals surface area contributed by atoms with Crippen molar-refractivity contribution >= 4 is 46.2 Å². The molecule has 5 nitrogen and oxygen atoms in total. The van der Waals surface area contributed by atoms with Crippen molar-refractivity contribution in [3.63, 3.8) is 0 Å². The number of methoxy groups -OCH3 is 3. The van der Waals surface area contributed by atoms with Crippen LogP contribution in [0.25, 0.3) is 22.9 Å². The number of rotatable bonds is 6. The molecule has 3 aromatic rings. The van der Waals surface area contributed by atoms with E-state index < -0.39 is 0 Å². The van der Waals surface area contributed by atoms with E-state index in [2.05, 4.69) is 11.1 Å². The van der Waals surface area contributed by atoms with Crippen molar-refractivity contribution in [1.29, 1.82) is 5.26 Å². The number of hydrogen-bond donors (Lipinski definition) is 0. The molecule has 0 spiro atoms. The molecule has 8 heteroatoms. The minimum absolute atomic E-state index is 0.413. The van der Waals surface area contributed by atoms with Gasteiger partial charge in [0.05, 0.1) is 42.6 Å². The lowest BCUT2D eigenvalue weighted by atomic mass is 10.1. The van der Waals surface area contributed by atoms with Crippen molar-refractivity contribution in [1.82, 2.24) is 4.98 Å². The third-order valence-electron chi connectivity index (χ3n) is 4.07. The van der Waals surface area contributed by atoms with Crippen LogP contribution in [0.5, 0.6) is 17.2 Å². The number of nitrogens with zero attached hydrogens (tertiary/aromatic N) is 2. The summed E-state index contributed by atoms with van der Waals surface area (Å²) < 4.78 is 16.1. The van der Waals surface area contributed by atoms with Crippen molar-refractivity contribution in [3.8, 4) is 34.6 Å². The topological polar surface area (TPSA) is 64.4 Å². The number of allylic oxidation sites excluding steroid dienone is 1. The molecule has 29 heavy (non-hydrogen) atoms. The van der Waals surface area contributed by atoms with E-state index in [4.69, 9.17) is 37.4 Å². The minimum Gasteiger partial charge on any atom is -0.493 e. The highest BCUT2D eigenvalue weighted by Gasteiger charge is 2.14. The minimum atomic E-state index is 0.413. The van der Waals surface area contributed by atoms with Gasteiger partial charge in [-0.15, -0.1) is 11.3 Å². The van der Waals surface area contributed by atoms with Gasteiger partial charge in [-0.05, 0) is 35.9 Å². The Bertz CT molecular complexity index is 1090. The number of thiazole rings is 1. The van der Waals surface area contributed by atoms with E-state index in [1.165, 1.54) is 18.4 Å². The van der Waals surface area contributed by atoms with Crippen molar-refractivity contribution < 1.29 is 14.2 Å². The highest BCUT2D eigenvalue weighted by Crippen LogP contribution is 2.39. The van der Waals surface area contributed by atoms with Gasteiger partial charge in [-0.2, -0.15) is 5.26 Å². The summed E-state index contributed by atoms with van der Waals surface area (Å²) in [7, 11) is 4.62. The van der Waals surface area contributed by atoms with Crippen molar-refractivity contribution in [2.45, 2.75) is 0 Å². The summed E-state index contributed by atoms with van der Waals surface area (Å²) in [5.41, 5.74) is 2.68. The highest BCUT2D eigenvalue weighted by atomic mass is 35.5. The molecule has 2 aromatic carbocycles. The van der Waals surface area contributed by atoms with Crippen LogP contribution >= 0.6 is 34.5 Å². The van der Waals surface area contributed by atoms with Crippen molar-refractivity contribution in [2.24, 2.45) is 0 Å². The van der Waals surface area contributed by atoms with E-state index in [0.29, 0.717) is 37.9 Å². The lowest BCUT2D eigenvalue weighted by Crippen LogP contribution is -1.95. The molecule has 0 radical (unpaired) electrons. The average molecular weight is 447 g/mol. The Hall–Kier alpha value is -2.72. The van der Waals surface area contributed by atoms with Gasteiger partial charge in [-0.3, -0.25) is 0 Å². The summed E-state index contributed by atoms with van der Waals surface area (Å²) in [5.74, 6) is 1.50. The Labute approximate surface area is 182 Å². The number of benzene rings is 2. The van der Waals surface area contributed by atoms with Gasteiger partial charge in [0.25, 0.3) is 0 Å². The van der Waals surface area contributed by atoms with Crippen LogP contribution in [0.15, 0.2) is 35.7 Å². The lowest BCUT2D eigenvalue weighted by molar-refractivity contribution is 0.324. The van der Waals surface area contributed by atoms with Crippen LogP contribution in [0.3, 0.4) is 0 Å². The van der Waals surface area contributed by atoms with Crippen LogP contribution in [0.2, 0.25) is 10.0 Å². The maximum atomic E-state index is 9.68.